The maximum absolute atomic E-state index is 12.5. The summed E-state index contributed by atoms with van der Waals surface area (Å²) in [5.41, 5.74) is 0.555. The number of piperidine rings is 1. The van der Waals surface area contributed by atoms with Crippen LogP contribution in [0.4, 0.5) is 14.5 Å². The number of carbonyl (C=O) groups is 2. The maximum Gasteiger partial charge on any atom is 0.310 e. The van der Waals surface area contributed by atoms with Crippen molar-refractivity contribution in [1.29, 1.82) is 0 Å². The molecule has 1 aliphatic heterocycles. The van der Waals surface area contributed by atoms with Crippen molar-refractivity contribution in [3.05, 3.63) is 24.3 Å². The Morgan fingerprint density at radius 3 is 2.65 bits per heavy atom. The molecule has 5 nitrogen and oxygen atoms in total. The fourth-order valence-corrected chi connectivity index (χ4v) is 3.44. The van der Waals surface area contributed by atoms with Crippen molar-refractivity contribution >= 4 is 29.3 Å². The van der Waals surface area contributed by atoms with Crippen LogP contribution in [0.15, 0.2) is 29.2 Å². The van der Waals surface area contributed by atoms with Crippen LogP contribution < -0.4 is 5.32 Å². The number of alkyl halides is 2. The van der Waals surface area contributed by atoms with E-state index in [1.165, 1.54) is 0 Å². The molecule has 2 atom stereocenters. The number of anilines is 1. The van der Waals surface area contributed by atoms with Gasteiger partial charge in [-0.3, -0.25) is 14.5 Å². The lowest BCUT2D eigenvalue weighted by Crippen LogP contribution is -2.48. The number of hydrogen-bond acceptors (Lipinski definition) is 5. The molecule has 0 bridgehead atoms. The summed E-state index contributed by atoms with van der Waals surface area (Å²) in [7, 11) is 0. The van der Waals surface area contributed by atoms with Gasteiger partial charge in [-0.05, 0) is 57.5 Å². The summed E-state index contributed by atoms with van der Waals surface area (Å²) in [6, 6.07) is 5.91. The van der Waals surface area contributed by atoms with E-state index in [0.717, 1.165) is 19.4 Å². The van der Waals surface area contributed by atoms with Gasteiger partial charge in [0.1, 0.15) is 0 Å². The Kier molecular flexibility index (Phi) is 7.84. The van der Waals surface area contributed by atoms with Gasteiger partial charge in [0.15, 0.2) is 0 Å². The number of nitrogens with one attached hydrogen (secondary N) is 1. The molecule has 0 aromatic heterocycles. The second-order valence-electron chi connectivity index (χ2n) is 6.15. The summed E-state index contributed by atoms with van der Waals surface area (Å²) < 4.78 is 29.8. The van der Waals surface area contributed by atoms with Crippen LogP contribution in [-0.4, -0.2) is 48.3 Å². The number of thioether (sulfide) groups is 1. The summed E-state index contributed by atoms with van der Waals surface area (Å²) in [6.07, 6.45) is 1.60. The van der Waals surface area contributed by atoms with E-state index in [4.69, 9.17) is 4.74 Å². The van der Waals surface area contributed by atoms with E-state index in [-0.39, 0.29) is 17.8 Å². The Morgan fingerprint density at radius 1 is 1.35 bits per heavy atom. The van der Waals surface area contributed by atoms with Crippen LogP contribution in [0.2, 0.25) is 0 Å². The molecule has 1 amide bonds. The Balaban J connectivity index is 1.91. The molecule has 1 N–H and O–H groups in total. The fraction of sp³-hybridized carbons (Fsp3) is 0.556. The molecule has 0 spiro atoms. The minimum atomic E-state index is -2.47. The van der Waals surface area contributed by atoms with Crippen molar-refractivity contribution < 1.29 is 23.1 Å². The summed E-state index contributed by atoms with van der Waals surface area (Å²) in [4.78, 5) is 26.8. The van der Waals surface area contributed by atoms with Gasteiger partial charge in [-0.25, -0.2) is 0 Å². The number of esters is 1. The molecule has 1 saturated heterocycles. The van der Waals surface area contributed by atoms with Crippen LogP contribution in [0.1, 0.15) is 26.7 Å². The number of halogens is 2. The van der Waals surface area contributed by atoms with E-state index in [1.54, 1.807) is 38.1 Å². The summed E-state index contributed by atoms with van der Waals surface area (Å²) in [5.74, 6) is -3.08. The molecule has 26 heavy (non-hydrogen) atoms. The zero-order valence-corrected chi connectivity index (χ0v) is 15.7. The smallest absolute Gasteiger partial charge is 0.310 e. The number of amides is 1. The highest BCUT2D eigenvalue weighted by Crippen LogP contribution is 2.26. The number of likely N-dealkylation sites (tertiary alicyclic amines) is 1. The first-order valence-corrected chi connectivity index (χ1v) is 9.55. The van der Waals surface area contributed by atoms with E-state index in [2.05, 4.69) is 5.32 Å². The molecule has 1 aromatic rings. The third-order valence-electron chi connectivity index (χ3n) is 4.35. The highest BCUT2D eigenvalue weighted by Gasteiger charge is 2.31. The zero-order chi connectivity index (χ0) is 19.1. The summed E-state index contributed by atoms with van der Waals surface area (Å²) in [6.45, 7) is 5.17. The monoisotopic (exact) mass is 386 g/mol. The second kappa shape index (κ2) is 9.87. The highest BCUT2D eigenvalue weighted by atomic mass is 32.2. The predicted octanol–water partition coefficient (Wildman–Crippen LogP) is 3.60. The largest absolute Gasteiger partial charge is 0.466 e. The van der Waals surface area contributed by atoms with Crippen LogP contribution in [0.25, 0.3) is 0 Å². The van der Waals surface area contributed by atoms with Gasteiger partial charge in [-0.2, -0.15) is 8.78 Å². The normalized spacial score (nSPS) is 19.2. The average Bonchev–Trinajstić information content (AvgIpc) is 2.62. The second-order valence-corrected chi connectivity index (χ2v) is 7.22. The molecular formula is C18H24F2N2O3S. The number of hydrogen-bond donors (Lipinski definition) is 1. The van der Waals surface area contributed by atoms with E-state index < -0.39 is 11.8 Å². The highest BCUT2D eigenvalue weighted by molar-refractivity contribution is 7.99. The van der Waals surface area contributed by atoms with E-state index in [9.17, 15) is 18.4 Å². The van der Waals surface area contributed by atoms with Crippen LogP contribution in [0.5, 0.6) is 0 Å². The number of nitrogens with zero attached hydrogens (tertiary/aromatic N) is 1. The Morgan fingerprint density at radius 2 is 2.04 bits per heavy atom. The van der Waals surface area contributed by atoms with Gasteiger partial charge < -0.3 is 10.1 Å². The summed E-state index contributed by atoms with van der Waals surface area (Å²) in [5, 5.41) is 2.80. The molecule has 0 radical (unpaired) electrons. The number of carbonyl (C=O) groups excluding carboxylic acids is 2. The van der Waals surface area contributed by atoms with E-state index in [0.29, 0.717) is 35.5 Å². The molecule has 0 saturated carbocycles. The molecule has 1 aromatic carbocycles. The van der Waals surface area contributed by atoms with Crippen molar-refractivity contribution in [1.82, 2.24) is 4.90 Å². The molecule has 1 aliphatic rings. The van der Waals surface area contributed by atoms with Crippen molar-refractivity contribution in [3.63, 3.8) is 0 Å². The quantitative estimate of drug-likeness (QED) is 0.573. The molecular weight excluding hydrogens is 362 g/mol. The average molecular weight is 386 g/mol. The number of ether oxygens (including phenoxy) is 1. The van der Waals surface area contributed by atoms with Crippen molar-refractivity contribution in [2.45, 2.75) is 43.4 Å². The van der Waals surface area contributed by atoms with Crippen molar-refractivity contribution in [2.24, 2.45) is 5.92 Å². The summed E-state index contributed by atoms with van der Waals surface area (Å²) >= 11 is 0.464. The van der Waals surface area contributed by atoms with Gasteiger partial charge in [-0.1, -0.05) is 11.8 Å². The van der Waals surface area contributed by atoms with Gasteiger partial charge >= 0.3 is 5.97 Å². The number of benzene rings is 1. The third-order valence-corrected chi connectivity index (χ3v) is 5.07. The molecule has 0 unspecified atom stereocenters. The van der Waals surface area contributed by atoms with Crippen molar-refractivity contribution in [2.75, 3.05) is 25.0 Å². The van der Waals surface area contributed by atoms with E-state index >= 15 is 0 Å². The lowest BCUT2D eigenvalue weighted by molar-refractivity contribution is -0.150. The molecule has 1 heterocycles. The standard InChI is InChI=1S/C18H24F2N2O3S/c1-3-25-17(24)13-5-4-10-22(11-13)12(2)16(23)21-14-6-8-15(9-7-14)26-18(19)20/h6-9,12-13,18H,3-5,10-11H2,1-2H3,(H,21,23)/t12-,13+/m0/s1. The predicted molar refractivity (Wildman–Crippen MR) is 97.3 cm³/mol. The first-order valence-electron chi connectivity index (χ1n) is 8.67. The van der Waals surface area contributed by atoms with Crippen LogP contribution in [0, 0.1) is 5.92 Å². The molecule has 8 heteroatoms. The minimum Gasteiger partial charge on any atom is -0.466 e. The zero-order valence-electron chi connectivity index (χ0n) is 14.9. The van der Waals surface area contributed by atoms with Gasteiger partial charge in [0, 0.05) is 17.1 Å². The SMILES string of the molecule is CCOC(=O)[C@@H]1CCCN([C@@H](C)C(=O)Nc2ccc(SC(F)F)cc2)C1. The van der Waals surface area contributed by atoms with Crippen molar-refractivity contribution in [3.8, 4) is 0 Å². The molecule has 2 rings (SSSR count). The Labute approximate surface area is 156 Å². The van der Waals surface area contributed by atoms with Gasteiger partial charge in [0.25, 0.3) is 5.76 Å². The van der Waals surface area contributed by atoms with Crippen LogP contribution in [-0.2, 0) is 14.3 Å². The van der Waals surface area contributed by atoms with E-state index in [1.807, 2.05) is 4.90 Å². The first-order chi connectivity index (χ1) is 12.4. The lowest BCUT2D eigenvalue weighted by Gasteiger charge is -2.35. The van der Waals surface area contributed by atoms with Gasteiger partial charge in [-0.15, -0.1) is 0 Å². The van der Waals surface area contributed by atoms with Gasteiger partial charge in [0.2, 0.25) is 5.91 Å². The third kappa shape index (κ3) is 5.95. The van der Waals surface area contributed by atoms with Gasteiger partial charge in [0.05, 0.1) is 18.6 Å². The molecule has 0 aliphatic carbocycles. The minimum absolute atomic E-state index is 0.191. The van der Waals surface area contributed by atoms with Crippen LogP contribution in [0.3, 0.4) is 0 Å². The molecule has 144 valence electrons. The number of rotatable bonds is 7. The Hall–Kier alpha value is -1.67. The molecule has 1 fully saturated rings. The first kappa shape index (κ1) is 20.6. The van der Waals surface area contributed by atoms with Crippen LogP contribution >= 0.6 is 11.8 Å². The topological polar surface area (TPSA) is 58.6 Å². The fourth-order valence-electron chi connectivity index (χ4n) is 2.94. The maximum atomic E-state index is 12.5. The Bertz CT molecular complexity index is 613. The lowest BCUT2D eigenvalue weighted by atomic mass is 9.97.